The van der Waals surface area contributed by atoms with E-state index in [2.05, 4.69) is 63.3 Å². The summed E-state index contributed by atoms with van der Waals surface area (Å²) in [7, 11) is 0. The molecule has 2 nitrogen and oxygen atoms in total. The van der Waals surface area contributed by atoms with Gasteiger partial charge in [-0.2, -0.15) is 0 Å². The summed E-state index contributed by atoms with van der Waals surface area (Å²) in [6, 6.07) is 11.6. The van der Waals surface area contributed by atoms with E-state index in [0.717, 1.165) is 38.1 Å². The molecule has 2 aromatic rings. The van der Waals surface area contributed by atoms with Gasteiger partial charge in [0.25, 0.3) is 0 Å². The van der Waals surface area contributed by atoms with Crippen molar-refractivity contribution in [2.24, 2.45) is 4.99 Å². The van der Waals surface area contributed by atoms with Crippen LogP contribution in [0, 0.1) is 0 Å². The minimum Gasteiger partial charge on any atom is -0.369 e. The average Bonchev–Trinajstić information content (AvgIpc) is 2.93. The summed E-state index contributed by atoms with van der Waals surface area (Å²) < 4.78 is 0. The molecule has 0 bridgehead atoms. The third kappa shape index (κ3) is 4.43. The SMILES string of the molecule is CCCCc1ccc(C2=Nc3cc(CC)cc(CC)c3CCN2)cc1CC. The van der Waals surface area contributed by atoms with E-state index in [1.54, 1.807) is 0 Å². The first-order valence-electron chi connectivity index (χ1n) is 10.8. The van der Waals surface area contributed by atoms with E-state index in [-0.39, 0.29) is 0 Å². The number of aliphatic imine (C=N–C) groups is 1. The summed E-state index contributed by atoms with van der Waals surface area (Å²) in [5.74, 6) is 1.03. The molecule has 0 aromatic heterocycles. The molecular formula is C25H34N2. The fourth-order valence-corrected chi connectivity index (χ4v) is 4.03. The second-order valence-electron chi connectivity index (χ2n) is 7.54. The third-order valence-corrected chi connectivity index (χ3v) is 5.73. The number of rotatable bonds is 7. The van der Waals surface area contributed by atoms with Gasteiger partial charge in [-0.1, -0.05) is 52.3 Å². The van der Waals surface area contributed by atoms with Gasteiger partial charge in [0.1, 0.15) is 5.84 Å². The van der Waals surface area contributed by atoms with Crippen LogP contribution >= 0.6 is 0 Å². The van der Waals surface area contributed by atoms with Gasteiger partial charge in [-0.3, -0.25) is 0 Å². The molecule has 0 amide bonds. The number of nitrogens with one attached hydrogen (secondary N) is 1. The van der Waals surface area contributed by atoms with E-state index < -0.39 is 0 Å². The highest BCUT2D eigenvalue weighted by Gasteiger charge is 2.16. The van der Waals surface area contributed by atoms with Gasteiger partial charge in [0.05, 0.1) is 5.69 Å². The first-order chi connectivity index (χ1) is 13.2. The molecule has 0 unspecified atom stereocenters. The lowest BCUT2D eigenvalue weighted by atomic mass is 9.96. The van der Waals surface area contributed by atoms with Crippen molar-refractivity contribution >= 4 is 11.5 Å². The topological polar surface area (TPSA) is 24.4 Å². The molecule has 144 valence electrons. The van der Waals surface area contributed by atoms with Gasteiger partial charge in [0.15, 0.2) is 0 Å². The van der Waals surface area contributed by atoms with Crippen molar-refractivity contribution < 1.29 is 0 Å². The molecule has 3 rings (SSSR count). The Morgan fingerprint density at radius 1 is 0.889 bits per heavy atom. The summed E-state index contributed by atoms with van der Waals surface area (Å²) in [4.78, 5) is 5.10. The summed E-state index contributed by atoms with van der Waals surface area (Å²) in [6.45, 7) is 9.94. The Balaban J connectivity index is 2.01. The number of unbranched alkanes of at least 4 members (excludes halogenated alkanes) is 1. The Morgan fingerprint density at radius 3 is 2.41 bits per heavy atom. The Hall–Kier alpha value is -2.09. The van der Waals surface area contributed by atoms with Crippen molar-refractivity contribution in [3.63, 3.8) is 0 Å². The van der Waals surface area contributed by atoms with Crippen LogP contribution in [0.3, 0.4) is 0 Å². The maximum absolute atomic E-state index is 5.10. The van der Waals surface area contributed by atoms with Gasteiger partial charge in [-0.05, 0) is 78.5 Å². The predicted molar refractivity (Wildman–Crippen MR) is 118 cm³/mol. The smallest absolute Gasteiger partial charge is 0.133 e. The Kier molecular flexibility index (Phi) is 6.71. The maximum Gasteiger partial charge on any atom is 0.133 e. The number of nitrogens with zero attached hydrogens (tertiary/aromatic N) is 1. The first kappa shape index (κ1) is 19.7. The zero-order valence-corrected chi connectivity index (χ0v) is 17.5. The molecule has 2 aromatic carbocycles. The fraction of sp³-hybridized carbons (Fsp3) is 0.480. The van der Waals surface area contributed by atoms with E-state index in [1.807, 2.05) is 0 Å². The molecule has 0 atom stereocenters. The molecule has 0 aliphatic carbocycles. The lowest BCUT2D eigenvalue weighted by Crippen LogP contribution is -2.25. The summed E-state index contributed by atoms with van der Waals surface area (Å²) in [5.41, 5.74) is 9.62. The minimum atomic E-state index is 0.948. The van der Waals surface area contributed by atoms with Crippen LogP contribution in [0.25, 0.3) is 0 Å². The molecule has 1 N–H and O–H groups in total. The van der Waals surface area contributed by atoms with E-state index in [0.29, 0.717) is 0 Å². The van der Waals surface area contributed by atoms with Crippen molar-refractivity contribution in [2.45, 2.75) is 72.6 Å². The zero-order valence-electron chi connectivity index (χ0n) is 17.5. The van der Waals surface area contributed by atoms with Crippen LogP contribution in [-0.2, 0) is 32.1 Å². The number of hydrogen-bond donors (Lipinski definition) is 1. The average molecular weight is 363 g/mol. The van der Waals surface area contributed by atoms with Crippen LogP contribution in [0.4, 0.5) is 5.69 Å². The highest BCUT2D eigenvalue weighted by Crippen LogP contribution is 2.29. The predicted octanol–water partition coefficient (Wildman–Crippen LogP) is 5.94. The summed E-state index contributed by atoms with van der Waals surface area (Å²) >= 11 is 0. The molecule has 0 radical (unpaired) electrons. The van der Waals surface area contributed by atoms with Crippen LogP contribution < -0.4 is 5.32 Å². The molecule has 1 aliphatic rings. The van der Waals surface area contributed by atoms with Gasteiger partial charge in [-0.25, -0.2) is 4.99 Å². The van der Waals surface area contributed by atoms with Crippen molar-refractivity contribution in [3.05, 3.63) is 63.7 Å². The van der Waals surface area contributed by atoms with Crippen LogP contribution in [0.15, 0.2) is 35.3 Å². The molecule has 1 aliphatic heterocycles. The van der Waals surface area contributed by atoms with Gasteiger partial charge < -0.3 is 5.32 Å². The highest BCUT2D eigenvalue weighted by molar-refractivity contribution is 6.01. The highest BCUT2D eigenvalue weighted by atomic mass is 15.0. The lowest BCUT2D eigenvalue weighted by Gasteiger charge is -2.13. The number of amidine groups is 1. The molecule has 2 heteroatoms. The van der Waals surface area contributed by atoms with Crippen molar-refractivity contribution in [1.29, 1.82) is 0 Å². The second-order valence-corrected chi connectivity index (χ2v) is 7.54. The van der Waals surface area contributed by atoms with Gasteiger partial charge in [0, 0.05) is 12.1 Å². The minimum absolute atomic E-state index is 0.948. The molecular weight excluding hydrogens is 328 g/mol. The Labute approximate surface area is 165 Å². The summed E-state index contributed by atoms with van der Waals surface area (Å²) in [6.07, 6.45) is 7.95. The third-order valence-electron chi connectivity index (χ3n) is 5.73. The molecule has 0 fully saturated rings. The normalized spacial score (nSPS) is 13.6. The van der Waals surface area contributed by atoms with Gasteiger partial charge >= 0.3 is 0 Å². The van der Waals surface area contributed by atoms with Gasteiger partial charge in [-0.15, -0.1) is 0 Å². The van der Waals surface area contributed by atoms with E-state index in [1.165, 1.54) is 58.3 Å². The molecule has 0 saturated heterocycles. The van der Waals surface area contributed by atoms with Crippen LogP contribution in [0.5, 0.6) is 0 Å². The van der Waals surface area contributed by atoms with Crippen molar-refractivity contribution in [2.75, 3.05) is 6.54 Å². The van der Waals surface area contributed by atoms with Crippen LogP contribution in [0.1, 0.15) is 73.9 Å². The monoisotopic (exact) mass is 362 g/mol. The Bertz CT molecular complexity index is 817. The molecule has 1 heterocycles. The molecule has 0 spiro atoms. The van der Waals surface area contributed by atoms with Crippen LogP contribution in [-0.4, -0.2) is 12.4 Å². The Morgan fingerprint density at radius 2 is 1.70 bits per heavy atom. The quantitative estimate of drug-likeness (QED) is 0.647. The van der Waals surface area contributed by atoms with Crippen molar-refractivity contribution in [1.82, 2.24) is 5.32 Å². The number of benzene rings is 2. The van der Waals surface area contributed by atoms with E-state index in [9.17, 15) is 0 Å². The number of fused-ring (bicyclic) bond motifs is 1. The lowest BCUT2D eigenvalue weighted by molar-refractivity contribution is 0.787. The summed E-state index contributed by atoms with van der Waals surface area (Å²) in [5, 5.41) is 3.60. The van der Waals surface area contributed by atoms with Crippen molar-refractivity contribution in [3.8, 4) is 0 Å². The van der Waals surface area contributed by atoms with Crippen LogP contribution in [0.2, 0.25) is 0 Å². The standard InChI is InChI=1S/C25H34N2/c1-5-9-10-21-11-12-22(17-19(21)7-3)25-26-14-13-23-20(8-4)15-18(6-2)16-24(23)27-25/h11-12,15-17H,5-10,13-14H2,1-4H3,(H,26,27). The second kappa shape index (κ2) is 9.21. The largest absolute Gasteiger partial charge is 0.369 e. The molecule has 27 heavy (non-hydrogen) atoms. The fourth-order valence-electron chi connectivity index (χ4n) is 4.03. The first-order valence-corrected chi connectivity index (χ1v) is 10.8. The van der Waals surface area contributed by atoms with E-state index in [4.69, 9.17) is 4.99 Å². The van der Waals surface area contributed by atoms with E-state index >= 15 is 0 Å². The zero-order chi connectivity index (χ0) is 19.2. The number of aryl methyl sites for hydroxylation is 4. The van der Waals surface area contributed by atoms with Gasteiger partial charge in [0.2, 0.25) is 0 Å². The maximum atomic E-state index is 5.10. The number of hydrogen-bond acceptors (Lipinski definition) is 2. The molecule has 0 saturated carbocycles.